The van der Waals surface area contributed by atoms with E-state index in [1.165, 1.54) is 0 Å². The van der Waals surface area contributed by atoms with Gasteiger partial charge in [-0.15, -0.1) is 0 Å². The summed E-state index contributed by atoms with van der Waals surface area (Å²) in [7, 11) is 1.83. The first-order chi connectivity index (χ1) is 14.6. The van der Waals surface area contributed by atoms with Gasteiger partial charge < -0.3 is 15.2 Å². The summed E-state index contributed by atoms with van der Waals surface area (Å²) in [6.07, 6.45) is 0. The Bertz CT molecular complexity index is 1140. The molecule has 3 aromatic rings. The number of halogens is 2. The van der Waals surface area contributed by atoms with Crippen molar-refractivity contribution in [2.24, 2.45) is 18.9 Å². The van der Waals surface area contributed by atoms with Crippen LogP contribution in [0.15, 0.2) is 12.1 Å². The molecule has 166 valence electrons. The highest BCUT2D eigenvalue weighted by Crippen LogP contribution is 2.35. The van der Waals surface area contributed by atoms with E-state index in [0.29, 0.717) is 34.8 Å². The van der Waals surface area contributed by atoms with Gasteiger partial charge >= 0.3 is 0 Å². The van der Waals surface area contributed by atoms with Gasteiger partial charge in [-0.25, -0.2) is 4.98 Å². The average molecular weight is 463 g/mol. The quantitative estimate of drug-likeness (QED) is 0.467. The number of aromatic amines is 1. The number of rotatable bonds is 6. The number of carbonyl (C=O) groups is 1. The summed E-state index contributed by atoms with van der Waals surface area (Å²) >= 11 is 12.8. The maximum atomic E-state index is 13.0. The third-order valence-electron chi connectivity index (χ3n) is 6.18. The third-order valence-corrected chi connectivity index (χ3v) is 6.76. The molecule has 0 aliphatic carbocycles. The molecule has 7 nitrogen and oxygen atoms in total. The first kappa shape index (κ1) is 22.1. The fourth-order valence-corrected chi connectivity index (χ4v) is 4.70. The van der Waals surface area contributed by atoms with E-state index in [2.05, 4.69) is 52.7 Å². The maximum absolute atomic E-state index is 13.0. The van der Waals surface area contributed by atoms with Crippen molar-refractivity contribution < 1.29 is 4.79 Å². The van der Waals surface area contributed by atoms with Gasteiger partial charge in [0.15, 0.2) is 16.8 Å². The SMILES string of the molecule is CC(C(=O)c1c(Cl)nc(CNc2n[nH]c3cc(Cl)c(C(C)(C)C)cc23)n1C)C1CNC1. The number of benzene rings is 1. The van der Waals surface area contributed by atoms with E-state index in [0.717, 1.165) is 29.6 Å². The summed E-state index contributed by atoms with van der Waals surface area (Å²) < 4.78 is 1.78. The maximum Gasteiger partial charge on any atom is 0.185 e. The van der Waals surface area contributed by atoms with Crippen molar-refractivity contribution in [3.05, 3.63) is 39.4 Å². The van der Waals surface area contributed by atoms with Crippen LogP contribution < -0.4 is 10.6 Å². The highest BCUT2D eigenvalue weighted by atomic mass is 35.5. The number of nitrogens with one attached hydrogen (secondary N) is 3. The molecule has 2 aromatic heterocycles. The van der Waals surface area contributed by atoms with E-state index in [-0.39, 0.29) is 22.3 Å². The molecule has 1 aliphatic heterocycles. The van der Waals surface area contributed by atoms with Crippen molar-refractivity contribution >= 4 is 45.7 Å². The Morgan fingerprint density at radius 3 is 2.65 bits per heavy atom. The number of ketones is 1. The second-order valence-electron chi connectivity index (χ2n) is 9.35. The number of carbonyl (C=O) groups excluding carboxylic acids is 1. The van der Waals surface area contributed by atoms with Crippen LogP contribution in [0.5, 0.6) is 0 Å². The molecule has 0 radical (unpaired) electrons. The van der Waals surface area contributed by atoms with Crippen molar-refractivity contribution in [1.29, 1.82) is 0 Å². The molecule has 3 N–H and O–H groups in total. The van der Waals surface area contributed by atoms with Gasteiger partial charge in [0.25, 0.3) is 0 Å². The van der Waals surface area contributed by atoms with Crippen molar-refractivity contribution in [3.8, 4) is 0 Å². The van der Waals surface area contributed by atoms with Crippen LogP contribution in [0, 0.1) is 11.8 Å². The zero-order chi connectivity index (χ0) is 22.5. The zero-order valence-corrected chi connectivity index (χ0v) is 19.9. The van der Waals surface area contributed by atoms with Crippen molar-refractivity contribution in [2.75, 3.05) is 18.4 Å². The topological polar surface area (TPSA) is 87.6 Å². The van der Waals surface area contributed by atoms with Gasteiger partial charge in [-0.2, -0.15) is 5.10 Å². The number of H-pyrrole nitrogens is 1. The summed E-state index contributed by atoms with van der Waals surface area (Å²) in [5.41, 5.74) is 2.29. The first-order valence-electron chi connectivity index (χ1n) is 10.5. The lowest BCUT2D eigenvalue weighted by atomic mass is 9.85. The lowest BCUT2D eigenvalue weighted by molar-refractivity contribution is 0.0845. The highest BCUT2D eigenvalue weighted by Gasteiger charge is 2.32. The van der Waals surface area contributed by atoms with Crippen LogP contribution in [0.3, 0.4) is 0 Å². The highest BCUT2D eigenvalue weighted by molar-refractivity contribution is 6.33. The van der Waals surface area contributed by atoms with Crippen LogP contribution in [0.4, 0.5) is 5.82 Å². The number of hydrogen-bond acceptors (Lipinski definition) is 5. The van der Waals surface area contributed by atoms with Gasteiger partial charge in [-0.05, 0) is 42.1 Å². The molecule has 0 saturated carbocycles. The van der Waals surface area contributed by atoms with E-state index in [1.807, 2.05) is 20.0 Å². The number of imidazole rings is 1. The second kappa shape index (κ2) is 8.11. The Hall–Kier alpha value is -2.09. The summed E-state index contributed by atoms with van der Waals surface area (Å²) in [6.45, 7) is 10.5. The van der Waals surface area contributed by atoms with Gasteiger partial charge in [0.2, 0.25) is 0 Å². The lowest BCUT2D eigenvalue weighted by Crippen LogP contribution is -2.47. The molecular weight excluding hydrogens is 435 g/mol. The molecule has 1 aromatic carbocycles. The molecule has 1 saturated heterocycles. The van der Waals surface area contributed by atoms with E-state index >= 15 is 0 Å². The van der Waals surface area contributed by atoms with Gasteiger partial charge in [-0.3, -0.25) is 9.89 Å². The molecule has 1 aliphatic rings. The Morgan fingerprint density at radius 2 is 2.03 bits per heavy atom. The molecule has 4 rings (SSSR count). The number of Topliss-reactive ketones (excluding diaryl/α,β-unsaturated/α-hetero) is 1. The number of anilines is 1. The summed E-state index contributed by atoms with van der Waals surface area (Å²) in [5.74, 6) is 1.67. The Labute approximate surface area is 191 Å². The molecule has 1 fully saturated rings. The van der Waals surface area contributed by atoms with Crippen LogP contribution in [0.1, 0.15) is 49.6 Å². The monoisotopic (exact) mass is 462 g/mol. The Morgan fingerprint density at radius 1 is 1.32 bits per heavy atom. The van der Waals surface area contributed by atoms with E-state index < -0.39 is 0 Å². The van der Waals surface area contributed by atoms with Gasteiger partial charge in [0, 0.05) is 23.4 Å². The minimum atomic E-state index is -0.0918. The lowest BCUT2D eigenvalue weighted by Gasteiger charge is -2.31. The fraction of sp³-hybridized carbons (Fsp3) is 0.500. The molecule has 0 amide bonds. The van der Waals surface area contributed by atoms with Crippen LogP contribution in [0.25, 0.3) is 10.9 Å². The van der Waals surface area contributed by atoms with Crippen LogP contribution in [0.2, 0.25) is 10.2 Å². The Balaban J connectivity index is 1.57. The zero-order valence-electron chi connectivity index (χ0n) is 18.4. The number of aromatic nitrogens is 4. The number of hydrogen-bond donors (Lipinski definition) is 3. The summed E-state index contributed by atoms with van der Waals surface area (Å²) in [5, 5.41) is 15.9. The van der Waals surface area contributed by atoms with Crippen LogP contribution >= 0.6 is 23.2 Å². The van der Waals surface area contributed by atoms with Crippen molar-refractivity contribution in [1.82, 2.24) is 25.1 Å². The predicted octanol–water partition coefficient (Wildman–Crippen LogP) is 4.55. The third kappa shape index (κ3) is 4.06. The minimum absolute atomic E-state index is 0.0347. The van der Waals surface area contributed by atoms with Crippen LogP contribution in [-0.4, -0.2) is 38.6 Å². The molecule has 9 heteroatoms. The van der Waals surface area contributed by atoms with Gasteiger partial charge in [-0.1, -0.05) is 50.9 Å². The summed E-state index contributed by atoms with van der Waals surface area (Å²) in [4.78, 5) is 17.4. The predicted molar refractivity (Wildman–Crippen MR) is 125 cm³/mol. The molecule has 31 heavy (non-hydrogen) atoms. The van der Waals surface area contributed by atoms with E-state index in [4.69, 9.17) is 23.2 Å². The minimum Gasteiger partial charge on any atom is -0.361 e. The van der Waals surface area contributed by atoms with E-state index in [1.54, 1.807) is 4.57 Å². The molecule has 0 spiro atoms. The number of fused-ring (bicyclic) bond motifs is 1. The van der Waals surface area contributed by atoms with Crippen molar-refractivity contribution in [2.45, 2.75) is 39.7 Å². The molecule has 1 unspecified atom stereocenters. The summed E-state index contributed by atoms with van der Waals surface area (Å²) in [6, 6.07) is 3.97. The molecule has 0 bridgehead atoms. The average Bonchev–Trinajstić information content (AvgIpc) is 3.16. The largest absolute Gasteiger partial charge is 0.361 e. The smallest absolute Gasteiger partial charge is 0.185 e. The van der Waals surface area contributed by atoms with E-state index in [9.17, 15) is 4.79 Å². The second-order valence-corrected chi connectivity index (χ2v) is 10.1. The van der Waals surface area contributed by atoms with Crippen LogP contribution in [-0.2, 0) is 19.0 Å². The van der Waals surface area contributed by atoms with Gasteiger partial charge in [0.1, 0.15) is 11.5 Å². The molecular formula is C22H28Cl2N6O. The number of nitrogens with zero attached hydrogens (tertiary/aromatic N) is 3. The fourth-order valence-electron chi connectivity index (χ4n) is 3.94. The normalized spacial score (nSPS) is 15.8. The Kier molecular flexibility index (Phi) is 5.79. The van der Waals surface area contributed by atoms with Gasteiger partial charge in [0.05, 0.1) is 12.1 Å². The van der Waals surface area contributed by atoms with Crippen molar-refractivity contribution in [3.63, 3.8) is 0 Å². The first-order valence-corrected chi connectivity index (χ1v) is 11.2. The molecule has 3 heterocycles. The molecule has 1 atom stereocenters. The standard InChI is InChI=1S/C22H28Cl2N6O/c1-11(12-8-25-9-12)19(31)18-20(24)27-17(30(18)5)10-26-21-13-6-14(22(2,3)4)15(23)7-16(13)28-29-21/h6-7,11-12,25H,8-10H2,1-5H3,(H2,26,28,29).